The van der Waals surface area contributed by atoms with E-state index < -0.39 is 0 Å². The number of aromatic nitrogens is 2. The summed E-state index contributed by atoms with van der Waals surface area (Å²) < 4.78 is 0. The lowest BCUT2D eigenvalue weighted by Crippen LogP contribution is -2.13. The Morgan fingerprint density at radius 1 is 1.00 bits per heavy atom. The summed E-state index contributed by atoms with van der Waals surface area (Å²) in [5, 5.41) is 5.44. The zero-order chi connectivity index (χ0) is 15.5. The van der Waals surface area contributed by atoms with Crippen LogP contribution in [-0.4, -0.2) is 21.8 Å². The predicted octanol–water partition coefficient (Wildman–Crippen LogP) is 2.56. The number of nitrogens with one attached hydrogen (secondary N) is 2. The summed E-state index contributed by atoms with van der Waals surface area (Å²) in [5.74, 6) is 0.897. The van der Waals surface area contributed by atoms with Gasteiger partial charge in [-0.15, -0.1) is 0 Å². The third-order valence-electron chi connectivity index (χ3n) is 3.34. The summed E-state index contributed by atoms with van der Waals surface area (Å²) in [5.41, 5.74) is 1.75. The van der Waals surface area contributed by atoms with E-state index in [4.69, 9.17) is 0 Å². The molecule has 22 heavy (non-hydrogen) atoms. The number of nitrogens with zero attached hydrogens (tertiary/aromatic N) is 2. The van der Waals surface area contributed by atoms with Crippen LogP contribution < -0.4 is 10.6 Å². The molecule has 2 N–H and O–H groups in total. The Bertz CT molecular complexity index is 691. The molecule has 1 heterocycles. The van der Waals surface area contributed by atoms with Crippen molar-refractivity contribution in [2.24, 2.45) is 0 Å². The van der Waals surface area contributed by atoms with Crippen LogP contribution in [0.25, 0.3) is 0 Å². The molecule has 0 radical (unpaired) electrons. The van der Waals surface area contributed by atoms with Crippen LogP contribution in [0.2, 0.25) is 0 Å². The van der Waals surface area contributed by atoms with E-state index in [0.717, 1.165) is 18.7 Å². The van der Waals surface area contributed by atoms with Crippen LogP contribution in [0.3, 0.4) is 0 Å². The SMILES string of the molecule is CC(=O)Nc1ccc(NC(=O)c2cnc(C3CC3)nc2)cc1. The molecule has 0 aliphatic heterocycles. The van der Waals surface area contributed by atoms with Crippen molar-refractivity contribution in [3.63, 3.8) is 0 Å². The van der Waals surface area contributed by atoms with Gasteiger partial charge in [-0.3, -0.25) is 9.59 Å². The Hall–Kier alpha value is -2.76. The Morgan fingerprint density at radius 3 is 2.05 bits per heavy atom. The third-order valence-corrected chi connectivity index (χ3v) is 3.34. The van der Waals surface area contributed by atoms with Crippen LogP contribution >= 0.6 is 0 Å². The van der Waals surface area contributed by atoms with Crippen molar-refractivity contribution in [3.05, 3.63) is 48.0 Å². The van der Waals surface area contributed by atoms with Gasteiger partial charge in [-0.05, 0) is 37.1 Å². The van der Waals surface area contributed by atoms with E-state index in [1.807, 2.05) is 0 Å². The van der Waals surface area contributed by atoms with Crippen molar-refractivity contribution in [1.29, 1.82) is 0 Å². The molecule has 0 saturated heterocycles. The van der Waals surface area contributed by atoms with Crippen molar-refractivity contribution in [1.82, 2.24) is 9.97 Å². The lowest BCUT2D eigenvalue weighted by atomic mass is 10.2. The maximum absolute atomic E-state index is 12.1. The smallest absolute Gasteiger partial charge is 0.258 e. The highest BCUT2D eigenvalue weighted by Gasteiger charge is 2.26. The van der Waals surface area contributed by atoms with Gasteiger partial charge in [0.25, 0.3) is 5.91 Å². The molecule has 0 bridgehead atoms. The molecule has 112 valence electrons. The molecule has 3 rings (SSSR count). The topological polar surface area (TPSA) is 84.0 Å². The first-order valence-corrected chi connectivity index (χ1v) is 7.13. The zero-order valence-corrected chi connectivity index (χ0v) is 12.2. The molecule has 2 aromatic rings. The quantitative estimate of drug-likeness (QED) is 0.908. The second kappa shape index (κ2) is 5.93. The van der Waals surface area contributed by atoms with Crippen LogP contribution in [-0.2, 0) is 4.79 Å². The fourth-order valence-corrected chi connectivity index (χ4v) is 2.05. The van der Waals surface area contributed by atoms with E-state index in [2.05, 4.69) is 20.6 Å². The van der Waals surface area contributed by atoms with Crippen LogP contribution in [0.1, 0.15) is 41.9 Å². The number of amides is 2. The van der Waals surface area contributed by atoms with Crippen molar-refractivity contribution in [3.8, 4) is 0 Å². The maximum Gasteiger partial charge on any atom is 0.258 e. The van der Waals surface area contributed by atoms with E-state index >= 15 is 0 Å². The molecule has 1 saturated carbocycles. The van der Waals surface area contributed by atoms with E-state index in [1.165, 1.54) is 6.92 Å². The fraction of sp³-hybridized carbons (Fsp3) is 0.250. The van der Waals surface area contributed by atoms with Crippen LogP contribution in [0, 0.1) is 0 Å². The Labute approximate surface area is 128 Å². The van der Waals surface area contributed by atoms with Gasteiger partial charge in [0.05, 0.1) is 5.56 Å². The van der Waals surface area contributed by atoms with Crippen molar-refractivity contribution >= 4 is 23.2 Å². The second-order valence-electron chi connectivity index (χ2n) is 5.32. The summed E-state index contributed by atoms with van der Waals surface area (Å²) in [7, 11) is 0. The molecule has 0 unspecified atom stereocenters. The number of hydrogen-bond donors (Lipinski definition) is 2. The van der Waals surface area contributed by atoms with E-state index in [0.29, 0.717) is 22.9 Å². The van der Waals surface area contributed by atoms with Crippen molar-refractivity contribution in [2.45, 2.75) is 25.7 Å². The Kier molecular flexibility index (Phi) is 3.82. The molecule has 0 spiro atoms. The van der Waals surface area contributed by atoms with Crippen molar-refractivity contribution < 1.29 is 9.59 Å². The highest BCUT2D eigenvalue weighted by molar-refractivity contribution is 6.04. The van der Waals surface area contributed by atoms with Crippen LogP contribution in [0.15, 0.2) is 36.7 Å². The standard InChI is InChI=1S/C16H16N4O2/c1-10(21)19-13-4-6-14(7-5-13)20-16(22)12-8-17-15(18-9-12)11-2-3-11/h4-9,11H,2-3H2,1H3,(H,19,21)(H,20,22). The fourth-order valence-electron chi connectivity index (χ4n) is 2.05. The Morgan fingerprint density at radius 2 is 1.55 bits per heavy atom. The molecule has 6 heteroatoms. The summed E-state index contributed by atoms with van der Waals surface area (Å²) in [6.45, 7) is 1.45. The van der Waals surface area contributed by atoms with Gasteiger partial charge in [-0.2, -0.15) is 0 Å². The average Bonchev–Trinajstić information content (AvgIpc) is 3.34. The minimum atomic E-state index is -0.255. The van der Waals surface area contributed by atoms with Gasteiger partial charge in [0.1, 0.15) is 5.82 Å². The molecule has 2 amide bonds. The lowest BCUT2D eigenvalue weighted by molar-refractivity contribution is -0.114. The van der Waals surface area contributed by atoms with Gasteiger partial charge in [-0.1, -0.05) is 0 Å². The highest BCUT2D eigenvalue weighted by Crippen LogP contribution is 2.37. The molecule has 1 aromatic heterocycles. The summed E-state index contributed by atoms with van der Waals surface area (Å²) in [6, 6.07) is 6.90. The van der Waals surface area contributed by atoms with Gasteiger partial charge < -0.3 is 10.6 Å². The lowest BCUT2D eigenvalue weighted by Gasteiger charge is -2.07. The third kappa shape index (κ3) is 3.46. The summed E-state index contributed by atoms with van der Waals surface area (Å²) in [4.78, 5) is 31.5. The summed E-state index contributed by atoms with van der Waals surface area (Å²) in [6.07, 6.45) is 5.38. The summed E-state index contributed by atoms with van der Waals surface area (Å²) >= 11 is 0. The van der Waals surface area contributed by atoms with Crippen LogP contribution in [0.5, 0.6) is 0 Å². The van der Waals surface area contributed by atoms with E-state index in [9.17, 15) is 9.59 Å². The molecule has 0 atom stereocenters. The normalized spacial score (nSPS) is 13.5. The maximum atomic E-state index is 12.1. The van der Waals surface area contributed by atoms with Gasteiger partial charge in [0.2, 0.25) is 5.91 Å². The largest absolute Gasteiger partial charge is 0.326 e. The first kappa shape index (κ1) is 14.2. The number of rotatable bonds is 4. The van der Waals surface area contributed by atoms with Gasteiger partial charge in [0.15, 0.2) is 0 Å². The highest BCUT2D eigenvalue weighted by atomic mass is 16.2. The Balaban J connectivity index is 1.64. The first-order chi connectivity index (χ1) is 10.6. The van der Waals surface area contributed by atoms with Crippen molar-refractivity contribution in [2.75, 3.05) is 10.6 Å². The van der Waals surface area contributed by atoms with E-state index in [1.54, 1.807) is 36.7 Å². The van der Waals surface area contributed by atoms with Gasteiger partial charge in [0, 0.05) is 36.6 Å². The average molecular weight is 296 g/mol. The van der Waals surface area contributed by atoms with E-state index in [-0.39, 0.29) is 11.8 Å². The zero-order valence-electron chi connectivity index (χ0n) is 12.2. The monoisotopic (exact) mass is 296 g/mol. The molecule has 6 nitrogen and oxygen atoms in total. The molecule has 1 aliphatic carbocycles. The number of carbonyl (C=O) groups is 2. The molecule has 1 aliphatic rings. The second-order valence-corrected chi connectivity index (χ2v) is 5.32. The minimum Gasteiger partial charge on any atom is -0.326 e. The van der Waals surface area contributed by atoms with Gasteiger partial charge >= 0.3 is 0 Å². The van der Waals surface area contributed by atoms with Gasteiger partial charge in [-0.25, -0.2) is 9.97 Å². The molecular weight excluding hydrogens is 280 g/mol. The molecular formula is C16H16N4O2. The van der Waals surface area contributed by atoms with Crippen LogP contribution in [0.4, 0.5) is 11.4 Å². The molecule has 1 fully saturated rings. The predicted molar refractivity (Wildman–Crippen MR) is 82.7 cm³/mol. The number of hydrogen-bond acceptors (Lipinski definition) is 4. The number of benzene rings is 1. The molecule has 1 aromatic carbocycles. The number of carbonyl (C=O) groups excluding carboxylic acids is 2. The minimum absolute atomic E-state index is 0.135. The number of anilines is 2. The first-order valence-electron chi connectivity index (χ1n) is 7.13.